The van der Waals surface area contributed by atoms with Crippen LogP contribution in [0.5, 0.6) is 11.5 Å². The van der Waals surface area contributed by atoms with E-state index < -0.39 is 0 Å². The highest BCUT2D eigenvalue weighted by Crippen LogP contribution is 2.31. The number of ketones is 1. The van der Waals surface area contributed by atoms with Crippen molar-refractivity contribution in [3.63, 3.8) is 0 Å². The van der Waals surface area contributed by atoms with Crippen molar-refractivity contribution >= 4 is 11.9 Å². The van der Waals surface area contributed by atoms with E-state index in [1.807, 2.05) is 49.4 Å². The van der Waals surface area contributed by atoms with Crippen molar-refractivity contribution in [2.45, 2.75) is 6.92 Å². The maximum atomic E-state index is 12.1. The number of carbonyl (C=O) groups is 1. The Hall–Kier alpha value is -2.55. The summed E-state index contributed by atoms with van der Waals surface area (Å²) in [4.78, 5) is 12.1. The summed E-state index contributed by atoms with van der Waals surface area (Å²) in [7, 11) is 3.17. The number of methoxy groups -OCH3 is 2. The fourth-order valence-electron chi connectivity index (χ4n) is 2.02. The number of para-hydroxylation sites is 1. The summed E-state index contributed by atoms with van der Waals surface area (Å²) in [5, 5.41) is 0. The first-order valence-electron chi connectivity index (χ1n) is 6.65. The fourth-order valence-corrected chi connectivity index (χ4v) is 2.02. The maximum Gasteiger partial charge on any atom is 0.185 e. The van der Waals surface area contributed by atoms with Crippen molar-refractivity contribution in [3.8, 4) is 11.5 Å². The van der Waals surface area contributed by atoms with Gasteiger partial charge in [0.25, 0.3) is 0 Å². The van der Waals surface area contributed by atoms with E-state index in [0.717, 1.165) is 11.1 Å². The second-order valence-corrected chi connectivity index (χ2v) is 4.65. The molecule has 2 rings (SSSR count). The van der Waals surface area contributed by atoms with Crippen LogP contribution in [0.3, 0.4) is 0 Å². The first kappa shape index (κ1) is 14.9. The van der Waals surface area contributed by atoms with Crippen LogP contribution in [0.25, 0.3) is 6.08 Å². The Balaban J connectivity index is 2.25. The van der Waals surface area contributed by atoms with Crippen molar-refractivity contribution in [2.24, 2.45) is 0 Å². The number of hydrogen-bond acceptors (Lipinski definition) is 3. The predicted octanol–water partition coefficient (Wildman–Crippen LogP) is 3.91. The highest BCUT2D eigenvalue weighted by Gasteiger charge is 2.07. The molecule has 0 saturated heterocycles. The molecule has 3 heteroatoms. The molecule has 0 fully saturated rings. The molecule has 2 aromatic rings. The van der Waals surface area contributed by atoms with Crippen LogP contribution in [0.15, 0.2) is 48.5 Å². The van der Waals surface area contributed by atoms with Gasteiger partial charge in [-0.3, -0.25) is 4.79 Å². The lowest BCUT2D eigenvalue weighted by atomic mass is 10.1. The second-order valence-electron chi connectivity index (χ2n) is 4.65. The molecule has 0 N–H and O–H groups in total. The molecule has 0 saturated carbocycles. The Bertz CT molecular complexity index is 655. The highest BCUT2D eigenvalue weighted by atomic mass is 16.5. The topological polar surface area (TPSA) is 35.5 Å². The lowest BCUT2D eigenvalue weighted by molar-refractivity contribution is 0.104. The summed E-state index contributed by atoms with van der Waals surface area (Å²) in [6.45, 7) is 1.99. The molecular weight excluding hydrogens is 264 g/mol. The summed E-state index contributed by atoms with van der Waals surface area (Å²) in [5.74, 6) is 1.22. The lowest BCUT2D eigenvalue weighted by Gasteiger charge is -2.09. The van der Waals surface area contributed by atoms with E-state index in [1.165, 1.54) is 0 Å². The minimum absolute atomic E-state index is 0.0418. The normalized spacial score (nSPS) is 10.6. The van der Waals surface area contributed by atoms with E-state index in [1.54, 1.807) is 26.4 Å². The Morgan fingerprint density at radius 2 is 1.71 bits per heavy atom. The van der Waals surface area contributed by atoms with E-state index in [0.29, 0.717) is 17.1 Å². The van der Waals surface area contributed by atoms with Crippen LogP contribution < -0.4 is 9.47 Å². The molecule has 0 radical (unpaired) electrons. The molecule has 0 atom stereocenters. The number of allylic oxidation sites excluding steroid dienone is 1. The van der Waals surface area contributed by atoms with E-state index in [2.05, 4.69) is 0 Å². The quantitative estimate of drug-likeness (QED) is 0.616. The predicted molar refractivity (Wildman–Crippen MR) is 84.1 cm³/mol. The van der Waals surface area contributed by atoms with Crippen LogP contribution in [-0.4, -0.2) is 20.0 Å². The summed E-state index contributed by atoms with van der Waals surface area (Å²) in [6.07, 6.45) is 3.28. The first-order chi connectivity index (χ1) is 10.2. The number of hydrogen-bond donors (Lipinski definition) is 0. The zero-order valence-electron chi connectivity index (χ0n) is 12.4. The standard InChI is InChI=1S/C18H18O3/c1-13-7-9-14(10-8-13)16(19)12-11-15-5-4-6-17(20-2)18(15)21-3/h4-12H,1-3H3. The number of rotatable bonds is 5. The molecular formula is C18H18O3. The molecule has 21 heavy (non-hydrogen) atoms. The Kier molecular flexibility index (Phi) is 4.77. The average molecular weight is 282 g/mol. The van der Waals surface area contributed by atoms with E-state index in [9.17, 15) is 4.79 Å². The van der Waals surface area contributed by atoms with Gasteiger partial charge in [0.1, 0.15) is 0 Å². The monoisotopic (exact) mass is 282 g/mol. The molecule has 108 valence electrons. The molecule has 0 aliphatic heterocycles. The first-order valence-corrected chi connectivity index (χ1v) is 6.65. The summed E-state index contributed by atoms with van der Waals surface area (Å²) in [6, 6.07) is 13.0. The Morgan fingerprint density at radius 3 is 2.33 bits per heavy atom. The largest absolute Gasteiger partial charge is 0.493 e. The third-order valence-electron chi connectivity index (χ3n) is 3.18. The van der Waals surface area contributed by atoms with Crippen LogP contribution in [0, 0.1) is 6.92 Å². The zero-order valence-corrected chi connectivity index (χ0v) is 12.4. The van der Waals surface area contributed by atoms with Gasteiger partial charge < -0.3 is 9.47 Å². The number of carbonyl (C=O) groups excluding carboxylic acids is 1. The maximum absolute atomic E-state index is 12.1. The summed E-state index contributed by atoms with van der Waals surface area (Å²) in [5.41, 5.74) is 2.60. The zero-order chi connectivity index (χ0) is 15.2. The molecule has 2 aromatic carbocycles. The van der Waals surface area contributed by atoms with Gasteiger partial charge in [-0.05, 0) is 25.1 Å². The smallest absolute Gasteiger partial charge is 0.185 e. The number of benzene rings is 2. The van der Waals surface area contributed by atoms with Gasteiger partial charge in [0.05, 0.1) is 14.2 Å². The van der Waals surface area contributed by atoms with E-state index >= 15 is 0 Å². The molecule has 0 aliphatic carbocycles. The van der Waals surface area contributed by atoms with Gasteiger partial charge in [0.2, 0.25) is 0 Å². The van der Waals surface area contributed by atoms with Crippen molar-refractivity contribution in [3.05, 3.63) is 65.2 Å². The SMILES string of the molecule is COc1cccc(C=CC(=O)c2ccc(C)cc2)c1OC. The number of aryl methyl sites for hydroxylation is 1. The molecule has 3 nitrogen and oxygen atoms in total. The molecule has 0 unspecified atom stereocenters. The van der Waals surface area contributed by atoms with Crippen molar-refractivity contribution < 1.29 is 14.3 Å². The summed E-state index contributed by atoms with van der Waals surface area (Å²) < 4.78 is 10.6. The Morgan fingerprint density at radius 1 is 1.00 bits per heavy atom. The molecule has 0 heterocycles. The van der Waals surface area contributed by atoms with Gasteiger partial charge in [-0.15, -0.1) is 0 Å². The number of ether oxygens (including phenoxy) is 2. The van der Waals surface area contributed by atoms with Crippen LogP contribution in [0.1, 0.15) is 21.5 Å². The van der Waals surface area contributed by atoms with Gasteiger partial charge in [0.15, 0.2) is 17.3 Å². The Labute approximate surface area is 124 Å². The molecule has 0 amide bonds. The lowest BCUT2D eigenvalue weighted by Crippen LogP contribution is -1.95. The van der Waals surface area contributed by atoms with Crippen LogP contribution in [0.4, 0.5) is 0 Å². The van der Waals surface area contributed by atoms with E-state index in [-0.39, 0.29) is 5.78 Å². The average Bonchev–Trinajstić information content (AvgIpc) is 2.52. The molecule has 0 bridgehead atoms. The minimum atomic E-state index is -0.0418. The van der Waals surface area contributed by atoms with Gasteiger partial charge in [-0.1, -0.05) is 42.0 Å². The summed E-state index contributed by atoms with van der Waals surface area (Å²) >= 11 is 0. The van der Waals surface area contributed by atoms with Crippen molar-refractivity contribution in [1.82, 2.24) is 0 Å². The molecule has 0 aliphatic rings. The second kappa shape index (κ2) is 6.75. The van der Waals surface area contributed by atoms with Crippen molar-refractivity contribution in [2.75, 3.05) is 14.2 Å². The minimum Gasteiger partial charge on any atom is -0.493 e. The van der Waals surface area contributed by atoms with Gasteiger partial charge in [-0.2, -0.15) is 0 Å². The van der Waals surface area contributed by atoms with E-state index in [4.69, 9.17) is 9.47 Å². The molecule has 0 spiro atoms. The van der Waals surface area contributed by atoms with Crippen LogP contribution >= 0.6 is 0 Å². The van der Waals surface area contributed by atoms with Crippen LogP contribution in [-0.2, 0) is 0 Å². The highest BCUT2D eigenvalue weighted by molar-refractivity contribution is 6.07. The van der Waals surface area contributed by atoms with Gasteiger partial charge >= 0.3 is 0 Å². The van der Waals surface area contributed by atoms with Crippen molar-refractivity contribution in [1.29, 1.82) is 0 Å². The van der Waals surface area contributed by atoms with Gasteiger partial charge in [0, 0.05) is 11.1 Å². The van der Waals surface area contributed by atoms with Gasteiger partial charge in [-0.25, -0.2) is 0 Å². The third-order valence-corrected chi connectivity index (χ3v) is 3.18. The molecule has 0 aromatic heterocycles. The third kappa shape index (κ3) is 3.51. The fraction of sp³-hybridized carbons (Fsp3) is 0.167. The van der Waals surface area contributed by atoms with Crippen LogP contribution in [0.2, 0.25) is 0 Å².